The standard InChI is InChI=1S/C13H18N6O3/c1-7(10-6-17(4)15-8(10)2)14-13(20)11-12(19(21)22)9(3)18(5)16-11/h6-7H,1-5H3,(H,14,20)/t7-/m0/s1. The van der Waals surface area contributed by atoms with Crippen LogP contribution in [-0.4, -0.2) is 30.4 Å². The number of hydrogen-bond donors (Lipinski definition) is 1. The van der Waals surface area contributed by atoms with Crippen molar-refractivity contribution >= 4 is 11.6 Å². The molecule has 0 saturated carbocycles. The molecule has 2 aromatic rings. The largest absolute Gasteiger partial charge is 0.344 e. The van der Waals surface area contributed by atoms with Gasteiger partial charge in [0.15, 0.2) is 0 Å². The molecule has 1 N–H and O–H groups in total. The Morgan fingerprint density at radius 1 is 1.36 bits per heavy atom. The van der Waals surface area contributed by atoms with E-state index in [4.69, 9.17) is 0 Å². The highest BCUT2D eigenvalue weighted by Crippen LogP contribution is 2.23. The quantitative estimate of drug-likeness (QED) is 0.674. The van der Waals surface area contributed by atoms with Crippen LogP contribution in [0.3, 0.4) is 0 Å². The summed E-state index contributed by atoms with van der Waals surface area (Å²) in [7, 11) is 3.35. The van der Waals surface area contributed by atoms with E-state index >= 15 is 0 Å². The van der Waals surface area contributed by atoms with Gasteiger partial charge in [-0.25, -0.2) is 0 Å². The molecule has 2 aromatic heterocycles. The zero-order valence-corrected chi connectivity index (χ0v) is 13.1. The van der Waals surface area contributed by atoms with Crippen molar-refractivity contribution in [2.45, 2.75) is 26.8 Å². The lowest BCUT2D eigenvalue weighted by molar-refractivity contribution is -0.385. The molecule has 0 radical (unpaired) electrons. The molecule has 118 valence electrons. The predicted octanol–water partition coefficient (Wildman–Crippen LogP) is 1.17. The number of aromatic nitrogens is 4. The van der Waals surface area contributed by atoms with Gasteiger partial charge in [0.1, 0.15) is 5.69 Å². The van der Waals surface area contributed by atoms with Crippen LogP contribution in [0.4, 0.5) is 5.69 Å². The van der Waals surface area contributed by atoms with Crippen LogP contribution in [0, 0.1) is 24.0 Å². The van der Waals surface area contributed by atoms with Crippen LogP contribution in [0.5, 0.6) is 0 Å². The van der Waals surface area contributed by atoms with Crippen LogP contribution in [0.15, 0.2) is 6.20 Å². The van der Waals surface area contributed by atoms with Crippen molar-refractivity contribution in [3.8, 4) is 0 Å². The first-order valence-electron chi connectivity index (χ1n) is 6.71. The van der Waals surface area contributed by atoms with E-state index < -0.39 is 10.8 Å². The Morgan fingerprint density at radius 2 is 2.00 bits per heavy atom. The van der Waals surface area contributed by atoms with Crippen molar-refractivity contribution in [2.75, 3.05) is 0 Å². The molecule has 0 aromatic carbocycles. The predicted molar refractivity (Wildman–Crippen MR) is 78.4 cm³/mol. The van der Waals surface area contributed by atoms with Crippen LogP contribution in [-0.2, 0) is 14.1 Å². The lowest BCUT2D eigenvalue weighted by atomic mass is 10.1. The van der Waals surface area contributed by atoms with Crippen LogP contribution < -0.4 is 5.32 Å². The van der Waals surface area contributed by atoms with E-state index in [1.165, 1.54) is 4.68 Å². The molecule has 1 atom stereocenters. The zero-order valence-electron chi connectivity index (χ0n) is 13.1. The van der Waals surface area contributed by atoms with Gasteiger partial charge in [0.05, 0.1) is 16.7 Å². The average molecular weight is 306 g/mol. The normalized spacial score (nSPS) is 12.2. The third-order valence-corrected chi connectivity index (χ3v) is 3.57. The highest BCUT2D eigenvalue weighted by atomic mass is 16.6. The second-order valence-electron chi connectivity index (χ2n) is 5.20. The summed E-state index contributed by atoms with van der Waals surface area (Å²) < 4.78 is 2.98. The molecule has 0 aliphatic heterocycles. The molecule has 22 heavy (non-hydrogen) atoms. The molecular formula is C13H18N6O3. The fraction of sp³-hybridized carbons (Fsp3) is 0.462. The monoisotopic (exact) mass is 306 g/mol. The van der Waals surface area contributed by atoms with Crippen molar-refractivity contribution in [3.05, 3.63) is 39.0 Å². The zero-order chi connectivity index (χ0) is 16.6. The maximum atomic E-state index is 12.3. The summed E-state index contributed by atoms with van der Waals surface area (Å²) >= 11 is 0. The van der Waals surface area contributed by atoms with E-state index in [-0.39, 0.29) is 17.4 Å². The first-order chi connectivity index (χ1) is 10.2. The number of nitrogens with zero attached hydrogens (tertiary/aromatic N) is 5. The summed E-state index contributed by atoms with van der Waals surface area (Å²) in [4.78, 5) is 22.9. The molecular weight excluding hydrogens is 288 g/mol. The van der Waals surface area contributed by atoms with Gasteiger partial charge in [-0.2, -0.15) is 10.2 Å². The molecule has 2 rings (SSSR count). The fourth-order valence-electron chi connectivity index (χ4n) is 2.35. The van der Waals surface area contributed by atoms with Crippen LogP contribution in [0.25, 0.3) is 0 Å². The molecule has 1 amide bonds. The first-order valence-corrected chi connectivity index (χ1v) is 6.71. The van der Waals surface area contributed by atoms with E-state index in [0.29, 0.717) is 5.69 Å². The van der Waals surface area contributed by atoms with Gasteiger partial charge < -0.3 is 5.32 Å². The van der Waals surface area contributed by atoms with E-state index in [9.17, 15) is 14.9 Å². The SMILES string of the molecule is Cc1nn(C)cc1[C@H](C)NC(=O)c1nn(C)c(C)c1[N+](=O)[O-]. The maximum absolute atomic E-state index is 12.3. The Kier molecular flexibility index (Phi) is 3.98. The smallest absolute Gasteiger partial charge is 0.322 e. The van der Waals surface area contributed by atoms with Crippen molar-refractivity contribution < 1.29 is 9.72 Å². The summed E-state index contributed by atoms with van der Waals surface area (Å²) in [6.07, 6.45) is 1.80. The van der Waals surface area contributed by atoms with Gasteiger partial charge >= 0.3 is 5.69 Å². The maximum Gasteiger partial charge on any atom is 0.322 e. The Bertz CT molecular complexity index is 745. The summed E-state index contributed by atoms with van der Waals surface area (Å²) in [6.45, 7) is 5.19. The third-order valence-electron chi connectivity index (χ3n) is 3.57. The lowest BCUT2D eigenvalue weighted by Gasteiger charge is -2.11. The number of carbonyl (C=O) groups is 1. The number of nitrogens with one attached hydrogen (secondary N) is 1. The average Bonchev–Trinajstić information content (AvgIpc) is 2.90. The van der Waals surface area contributed by atoms with Gasteiger partial charge in [-0.3, -0.25) is 24.3 Å². The van der Waals surface area contributed by atoms with E-state index in [1.54, 1.807) is 38.8 Å². The second-order valence-corrected chi connectivity index (χ2v) is 5.20. The minimum Gasteiger partial charge on any atom is -0.344 e. The Labute approximate surface area is 127 Å². The number of hydrogen-bond acceptors (Lipinski definition) is 5. The van der Waals surface area contributed by atoms with Crippen LogP contribution >= 0.6 is 0 Å². The molecule has 9 nitrogen and oxygen atoms in total. The van der Waals surface area contributed by atoms with Gasteiger partial charge in [0.25, 0.3) is 5.91 Å². The summed E-state index contributed by atoms with van der Waals surface area (Å²) in [6, 6.07) is -0.330. The first kappa shape index (κ1) is 15.7. The number of aryl methyl sites for hydroxylation is 3. The van der Waals surface area contributed by atoms with Crippen LogP contribution in [0.2, 0.25) is 0 Å². The molecule has 0 aliphatic rings. The summed E-state index contributed by atoms with van der Waals surface area (Å²) in [5, 5.41) is 22.0. The topological polar surface area (TPSA) is 108 Å². The lowest BCUT2D eigenvalue weighted by Crippen LogP contribution is -2.28. The van der Waals surface area contributed by atoms with Crippen molar-refractivity contribution in [1.29, 1.82) is 0 Å². The number of carbonyl (C=O) groups excluding carboxylic acids is 1. The summed E-state index contributed by atoms with van der Waals surface area (Å²) in [5.41, 5.74) is 1.53. The van der Waals surface area contributed by atoms with E-state index in [1.807, 2.05) is 6.92 Å². The highest BCUT2D eigenvalue weighted by molar-refractivity contribution is 5.96. The highest BCUT2D eigenvalue weighted by Gasteiger charge is 2.30. The second kappa shape index (κ2) is 5.58. The minimum atomic E-state index is -0.586. The van der Waals surface area contributed by atoms with E-state index in [2.05, 4.69) is 15.5 Å². The number of amides is 1. The van der Waals surface area contributed by atoms with Gasteiger partial charge in [0.2, 0.25) is 5.69 Å². The van der Waals surface area contributed by atoms with Crippen molar-refractivity contribution in [2.24, 2.45) is 14.1 Å². The van der Waals surface area contributed by atoms with Gasteiger partial charge in [-0.15, -0.1) is 0 Å². The molecule has 0 unspecified atom stereocenters. The molecule has 0 spiro atoms. The molecule has 0 saturated heterocycles. The Morgan fingerprint density at radius 3 is 2.50 bits per heavy atom. The third kappa shape index (κ3) is 2.69. The van der Waals surface area contributed by atoms with Crippen LogP contribution in [0.1, 0.15) is 40.4 Å². The van der Waals surface area contributed by atoms with Gasteiger partial charge in [0, 0.05) is 25.9 Å². The molecule has 0 aliphatic carbocycles. The minimum absolute atomic E-state index is 0.182. The van der Waals surface area contributed by atoms with Crippen molar-refractivity contribution in [1.82, 2.24) is 24.9 Å². The molecule has 0 bridgehead atoms. The van der Waals surface area contributed by atoms with E-state index in [0.717, 1.165) is 11.3 Å². The van der Waals surface area contributed by atoms with Crippen molar-refractivity contribution in [3.63, 3.8) is 0 Å². The molecule has 9 heteroatoms. The molecule has 0 fully saturated rings. The Hall–Kier alpha value is -2.71. The van der Waals surface area contributed by atoms with Gasteiger partial charge in [-0.1, -0.05) is 0 Å². The molecule has 2 heterocycles. The fourth-order valence-corrected chi connectivity index (χ4v) is 2.35. The Balaban J connectivity index is 2.28. The number of rotatable bonds is 4. The van der Waals surface area contributed by atoms with Gasteiger partial charge in [-0.05, 0) is 20.8 Å². The number of nitro groups is 1. The summed E-state index contributed by atoms with van der Waals surface area (Å²) in [5.74, 6) is -0.578.